The second-order valence-corrected chi connectivity index (χ2v) is 8.62. The predicted octanol–water partition coefficient (Wildman–Crippen LogP) is -0.192. The molecule has 0 amide bonds. The van der Waals surface area contributed by atoms with Gasteiger partial charge < -0.3 is 1.43 Å². The van der Waals surface area contributed by atoms with Gasteiger partial charge in [-0.25, -0.2) is 0 Å². The minimum Gasteiger partial charge on any atom is -1.00 e. The number of hydrogen-bond donors (Lipinski definition) is 1. The van der Waals surface area contributed by atoms with Crippen molar-refractivity contribution in [3.63, 3.8) is 0 Å². The summed E-state index contributed by atoms with van der Waals surface area (Å²) in [7, 11) is -5.10. The summed E-state index contributed by atoms with van der Waals surface area (Å²) >= 11 is 0. The molecule has 1 N–H and O–H groups in total. The molecule has 3 nitrogen and oxygen atoms in total. The molecule has 0 aromatic heterocycles. The van der Waals surface area contributed by atoms with Crippen LogP contribution in [0.2, 0.25) is 0 Å². The summed E-state index contributed by atoms with van der Waals surface area (Å²) in [5.41, 5.74) is 0. The van der Waals surface area contributed by atoms with E-state index < -0.39 is 18.0 Å². The van der Waals surface area contributed by atoms with E-state index in [4.69, 9.17) is 0 Å². The Morgan fingerprint density at radius 2 is 1.17 bits per heavy atom. The van der Waals surface area contributed by atoms with Crippen molar-refractivity contribution >= 4 is 34.0 Å². The number of hydrogen-bond acceptors (Lipinski definition) is 2. The van der Waals surface area contributed by atoms with E-state index in [1.54, 1.807) is 12.1 Å². The maximum absolute atomic E-state index is 11.4. The van der Waals surface area contributed by atoms with Crippen LogP contribution in [0.15, 0.2) is 89.8 Å². The van der Waals surface area contributed by atoms with Gasteiger partial charge in [0.25, 0.3) is 10.1 Å². The zero-order chi connectivity index (χ0) is 16.3. The Bertz CT molecular complexity index is 866. The Hall–Kier alpha value is -0.364. The fourth-order valence-corrected chi connectivity index (χ4v) is 5.34. The van der Waals surface area contributed by atoms with Gasteiger partial charge in [0.15, 0.2) is 0 Å². The van der Waals surface area contributed by atoms with E-state index in [9.17, 15) is 13.0 Å². The molecule has 118 valence electrons. The molecule has 0 heterocycles. The minimum absolute atomic E-state index is 0. The molecule has 24 heavy (non-hydrogen) atoms. The predicted molar refractivity (Wildman–Crippen MR) is 96.1 cm³/mol. The average Bonchev–Trinajstić information content (AvgIpc) is 2.57. The van der Waals surface area contributed by atoms with E-state index in [1.807, 2.05) is 66.7 Å². The number of benzene rings is 3. The first-order chi connectivity index (χ1) is 11.1. The fraction of sp³-hybridized carbons (Fsp3) is 0. The van der Waals surface area contributed by atoms with E-state index in [1.165, 1.54) is 6.07 Å². The van der Waals surface area contributed by atoms with Crippen LogP contribution >= 0.6 is 7.92 Å². The van der Waals surface area contributed by atoms with Crippen LogP contribution in [-0.2, 0) is 10.1 Å². The second kappa shape index (κ2) is 8.83. The van der Waals surface area contributed by atoms with E-state index in [-0.39, 0.29) is 57.7 Å². The molecule has 6 heteroatoms. The van der Waals surface area contributed by atoms with Crippen LogP contribution in [0.3, 0.4) is 0 Å². The first kappa shape index (κ1) is 20.0. The molecule has 0 atom stereocenters. The van der Waals surface area contributed by atoms with Gasteiger partial charge in [-0.1, -0.05) is 72.8 Å². The van der Waals surface area contributed by atoms with Crippen molar-refractivity contribution in [1.82, 2.24) is 0 Å². The van der Waals surface area contributed by atoms with Crippen LogP contribution in [0, 0.1) is 0 Å². The Kier molecular flexibility index (Phi) is 7.34. The van der Waals surface area contributed by atoms with Gasteiger partial charge in [0, 0.05) is 0 Å². The van der Waals surface area contributed by atoms with Crippen molar-refractivity contribution in [2.24, 2.45) is 0 Å². The molecule has 0 aliphatic rings. The third-order valence-electron chi connectivity index (χ3n) is 3.40. The second-order valence-electron chi connectivity index (χ2n) is 4.98. The Labute approximate surface area is 187 Å². The summed E-state index contributed by atoms with van der Waals surface area (Å²) in [6, 6.07) is 26.5. The summed E-state index contributed by atoms with van der Waals surface area (Å²) in [6.45, 7) is 0. The topological polar surface area (TPSA) is 54.4 Å². The molecule has 0 spiro atoms. The zero-order valence-corrected chi connectivity index (χ0v) is 18.0. The molecule has 0 fully saturated rings. The normalized spacial score (nSPS) is 11.1. The summed E-state index contributed by atoms with van der Waals surface area (Å²) in [6.07, 6.45) is 0. The van der Waals surface area contributed by atoms with Crippen molar-refractivity contribution in [1.29, 1.82) is 0 Å². The van der Waals surface area contributed by atoms with Gasteiger partial charge >= 0.3 is 51.4 Å². The Morgan fingerprint density at radius 1 is 0.708 bits per heavy atom. The molecular weight excluding hydrogens is 366 g/mol. The zero-order valence-electron chi connectivity index (χ0n) is 14.2. The standard InChI is InChI=1S/C18H15O3PS.K.H/c19-23(20,21)18-13-7-12-17(14-18)22(15-8-3-1-4-9-15)16-10-5-2-6-11-16;;/h1-14H,(H,19,20,21);;/q;+1;-1. The van der Waals surface area contributed by atoms with Crippen molar-refractivity contribution < 1.29 is 65.8 Å². The molecule has 3 rings (SSSR count). The quantitative estimate of drug-likeness (QED) is 0.387. The van der Waals surface area contributed by atoms with Crippen LogP contribution in [0.1, 0.15) is 1.43 Å². The molecular formula is C18H16KO3PS. The molecule has 0 saturated heterocycles. The fourth-order valence-electron chi connectivity index (χ4n) is 2.38. The molecule has 0 saturated carbocycles. The Morgan fingerprint density at radius 3 is 1.62 bits per heavy atom. The first-order valence-electron chi connectivity index (χ1n) is 7.03. The van der Waals surface area contributed by atoms with Crippen LogP contribution in [0.5, 0.6) is 0 Å². The molecule has 3 aromatic rings. The van der Waals surface area contributed by atoms with Gasteiger partial charge in [-0.3, -0.25) is 4.55 Å². The van der Waals surface area contributed by atoms with Crippen LogP contribution in [0.25, 0.3) is 0 Å². The summed E-state index contributed by atoms with van der Waals surface area (Å²) < 4.78 is 32.2. The van der Waals surface area contributed by atoms with Crippen molar-refractivity contribution in [3.05, 3.63) is 84.9 Å². The molecule has 3 aromatic carbocycles. The summed E-state index contributed by atoms with van der Waals surface area (Å²) in [5.74, 6) is 0. The van der Waals surface area contributed by atoms with Gasteiger partial charge in [-0.2, -0.15) is 8.42 Å². The van der Waals surface area contributed by atoms with E-state index in [0.717, 1.165) is 15.9 Å². The van der Waals surface area contributed by atoms with Gasteiger partial charge in [0.1, 0.15) is 0 Å². The minimum atomic E-state index is -4.21. The van der Waals surface area contributed by atoms with E-state index in [0.29, 0.717) is 0 Å². The molecule has 0 unspecified atom stereocenters. The molecule has 0 aliphatic carbocycles. The third kappa shape index (κ3) is 4.84. The van der Waals surface area contributed by atoms with Gasteiger partial charge in [-0.05, 0) is 36.0 Å². The largest absolute Gasteiger partial charge is 1.00 e. The smallest absolute Gasteiger partial charge is 1.00 e. The summed E-state index contributed by atoms with van der Waals surface area (Å²) in [5, 5.41) is 3.13. The van der Waals surface area contributed by atoms with Crippen LogP contribution in [-0.4, -0.2) is 13.0 Å². The van der Waals surface area contributed by atoms with E-state index >= 15 is 0 Å². The molecule has 0 bridgehead atoms. The van der Waals surface area contributed by atoms with Crippen molar-refractivity contribution in [2.75, 3.05) is 0 Å². The first-order valence-corrected chi connectivity index (χ1v) is 9.82. The van der Waals surface area contributed by atoms with Gasteiger partial charge in [0.2, 0.25) is 0 Å². The average molecular weight is 382 g/mol. The summed E-state index contributed by atoms with van der Waals surface area (Å²) in [4.78, 5) is -0.0747. The van der Waals surface area contributed by atoms with E-state index in [2.05, 4.69) is 0 Å². The SMILES string of the molecule is O=S(=O)(O)c1cccc(P(c2ccccc2)c2ccccc2)c1.[H-].[K+]. The third-order valence-corrected chi connectivity index (χ3v) is 6.68. The van der Waals surface area contributed by atoms with Crippen molar-refractivity contribution in [3.8, 4) is 0 Å². The number of rotatable bonds is 4. The monoisotopic (exact) mass is 382 g/mol. The van der Waals surface area contributed by atoms with Gasteiger partial charge in [0.05, 0.1) is 4.90 Å². The maximum atomic E-state index is 11.4. The Balaban J connectivity index is 0.00000156. The van der Waals surface area contributed by atoms with Crippen LogP contribution < -0.4 is 67.3 Å². The molecule has 0 aliphatic heterocycles. The van der Waals surface area contributed by atoms with Crippen LogP contribution in [0.4, 0.5) is 0 Å². The molecule has 0 radical (unpaired) electrons. The van der Waals surface area contributed by atoms with Crippen molar-refractivity contribution in [2.45, 2.75) is 4.90 Å². The maximum Gasteiger partial charge on any atom is 1.00 e. The van der Waals surface area contributed by atoms with Gasteiger partial charge in [-0.15, -0.1) is 0 Å².